The van der Waals surface area contributed by atoms with Crippen LogP contribution in [0.4, 0.5) is 0 Å². The maximum Gasteiger partial charge on any atom is 0.295 e. The Hall–Kier alpha value is -1.58. The lowest BCUT2D eigenvalue weighted by molar-refractivity contribution is 0.348. The maximum absolute atomic E-state index is 11.9. The minimum absolute atomic E-state index is 0.0132. The van der Waals surface area contributed by atoms with Crippen LogP contribution in [0.1, 0.15) is 0 Å². The third-order valence-corrected chi connectivity index (χ3v) is 7.80. The first-order valence-corrected chi connectivity index (χ1v) is 12.1. The summed E-state index contributed by atoms with van der Waals surface area (Å²) in [5.41, 5.74) is -0.0598. The lowest BCUT2D eigenvalue weighted by atomic mass is 10.0. The van der Waals surface area contributed by atoms with Gasteiger partial charge in [0.1, 0.15) is 9.79 Å². The van der Waals surface area contributed by atoms with E-state index in [-0.39, 0.29) is 43.1 Å². The normalized spacial score (nSPS) is 11.9. The van der Waals surface area contributed by atoms with Crippen LogP contribution < -0.4 is 18.9 Å². The topological polar surface area (TPSA) is 146 Å². The summed E-state index contributed by atoms with van der Waals surface area (Å²) in [4.78, 5) is -1.15. The van der Waals surface area contributed by atoms with Gasteiger partial charge in [0.15, 0.2) is 23.0 Å². The average Bonchev–Trinajstić information content (AvgIpc) is 2.64. The minimum Gasteiger partial charge on any atom is -0.492 e. The summed E-state index contributed by atoms with van der Waals surface area (Å²) < 4.78 is 87.7. The van der Waals surface area contributed by atoms with Crippen molar-refractivity contribution in [3.8, 4) is 34.1 Å². The van der Waals surface area contributed by atoms with Gasteiger partial charge in [-0.25, -0.2) is 0 Å². The van der Waals surface area contributed by atoms with Gasteiger partial charge in [-0.2, -0.15) is 16.8 Å². The lowest BCUT2D eigenvalue weighted by Gasteiger charge is -2.20. The number of benzene rings is 2. The fourth-order valence-corrected chi connectivity index (χ4v) is 6.05. The van der Waals surface area contributed by atoms with Crippen molar-refractivity contribution >= 4 is 52.1 Å². The van der Waals surface area contributed by atoms with E-state index in [4.69, 9.17) is 18.9 Å². The Morgan fingerprint density at radius 2 is 0.900 bits per heavy atom. The molecule has 0 aliphatic heterocycles. The van der Waals surface area contributed by atoms with Gasteiger partial charge in [-0.1, -0.05) is 0 Å². The van der Waals surface area contributed by atoms with Crippen LogP contribution in [-0.2, 0) is 20.2 Å². The molecule has 0 heterocycles. The minimum atomic E-state index is -4.73. The Labute approximate surface area is 189 Å². The number of ether oxygens (including phenoxy) is 4. The van der Waals surface area contributed by atoms with Crippen molar-refractivity contribution < 1.29 is 44.9 Å². The zero-order valence-corrected chi connectivity index (χ0v) is 20.7. The average molecular weight is 592 g/mol. The van der Waals surface area contributed by atoms with E-state index in [1.54, 1.807) is 0 Å². The van der Waals surface area contributed by atoms with Crippen LogP contribution in [0.5, 0.6) is 23.0 Å². The van der Waals surface area contributed by atoms with Crippen molar-refractivity contribution in [2.45, 2.75) is 9.79 Å². The van der Waals surface area contributed by atoms with E-state index in [2.05, 4.69) is 31.9 Å². The quantitative estimate of drug-likeness (QED) is 0.459. The van der Waals surface area contributed by atoms with E-state index >= 15 is 0 Å². The largest absolute Gasteiger partial charge is 0.492 e. The highest BCUT2D eigenvalue weighted by Gasteiger charge is 2.30. The Morgan fingerprint density at radius 3 is 1.10 bits per heavy atom. The Bertz CT molecular complexity index is 1110. The second-order valence-electron chi connectivity index (χ2n) is 5.56. The molecule has 166 valence electrons. The van der Waals surface area contributed by atoms with Gasteiger partial charge in [0.25, 0.3) is 20.2 Å². The summed E-state index contributed by atoms with van der Waals surface area (Å²) in [6, 6.07) is 2.06. The van der Waals surface area contributed by atoms with E-state index in [1.807, 2.05) is 0 Å². The number of halogens is 2. The van der Waals surface area contributed by atoms with Crippen molar-refractivity contribution in [1.82, 2.24) is 0 Å². The Balaban J connectivity index is 3.18. The first-order valence-electron chi connectivity index (χ1n) is 7.67. The van der Waals surface area contributed by atoms with Crippen LogP contribution in [-0.4, -0.2) is 54.4 Å². The molecule has 0 saturated heterocycles. The van der Waals surface area contributed by atoms with Crippen molar-refractivity contribution in [2.75, 3.05) is 28.4 Å². The molecule has 0 aliphatic carbocycles. The molecule has 0 bridgehead atoms. The molecule has 0 spiro atoms. The van der Waals surface area contributed by atoms with E-state index in [0.29, 0.717) is 0 Å². The first-order chi connectivity index (χ1) is 13.8. The third kappa shape index (κ3) is 4.38. The van der Waals surface area contributed by atoms with Crippen molar-refractivity contribution in [1.29, 1.82) is 0 Å². The van der Waals surface area contributed by atoms with Crippen molar-refractivity contribution in [3.05, 3.63) is 21.1 Å². The smallest absolute Gasteiger partial charge is 0.295 e. The van der Waals surface area contributed by atoms with Gasteiger partial charge in [0.05, 0.1) is 37.4 Å². The Kier molecular flexibility index (Phi) is 7.31. The van der Waals surface area contributed by atoms with Gasteiger partial charge in [-0.05, 0) is 44.0 Å². The van der Waals surface area contributed by atoms with Gasteiger partial charge in [0.2, 0.25) is 0 Å². The van der Waals surface area contributed by atoms with Gasteiger partial charge < -0.3 is 18.9 Å². The van der Waals surface area contributed by atoms with Crippen LogP contribution in [0.3, 0.4) is 0 Å². The molecule has 10 nitrogen and oxygen atoms in total. The zero-order valence-electron chi connectivity index (χ0n) is 15.9. The first kappa shape index (κ1) is 24.7. The molecule has 0 aromatic heterocycles. The van der Waals surface area contributed by atoms with Crippen molar-refractivity contribution in [3.63, 3.8) is 0 Å². The maximum atomic E-state index is 11.9. The van der Waals surface area contributed by atoms with Crippen LogP contribution in [0, 0.1) is 0 Å². The summed E-state index contributed by atoms with van der Waals surface area (Å²) in [6.07, 6.45) is 0. The van der Waals surface area contributed by atoms with E-state index in [9.17, 15) is 25.9 Å². The summed E-state index contributed by atoms with van der Waals surface area (Å²) in [6.45, 7) is 0. The second-order valence-corrected chi connectivity index (χ2v) is 9.92. The molecule has 2 aromatic rings. The predicted octanol–water partition coefficient (Wildman–Crippen LogP) is 3.41. The number of methoxy groups -OCH3 is 4. The van der Waals surface area contributed by atoms with E-state index in [1.165, 1.54) is 28.4 Å². The molecular weight excluding hydrogens is 576 g/mol. The summed E-state index contributed by atoms with van der Waals surface area (Å²) in [5, 5.41) is 0. The number of hydrogen-bond donors (Lipinski definition) is 2. The molecule has 0 saturated carbocycles. The molecule has 2 aromatic carbocycles. The van der Waals surface area contributed by atoms with Crippen molar-refractivity contribution in [2.24, 2.45) is 0 Å². The molecule has 2 rings (SSSR count). The zero-order chi connectivity index (χ0) is 23.0. The predicted molar refractivity (Wildman–Crippen MR) is 113 cm³/mol. The molecule has 0 amide bonds. The molecule has 0 atom stereocenters. The van der Waals surface area contributed by atoms with Crippen LogP contribution in [0.2, 0.25) is 0 Å². The van der Waals surface area contributed by atoms with Gasteiger partial charge in [-0.3, -0.25) is 9.11 Å². The standard InChI is InChI=1S/C16H16Br2O10S2/c1-25-13-7(5-9(29(19,20)21)11(17)15(13)27-3)8-6-10(30(22,23)24)12(18)16(28-4)14(8)26-2/h5-6H,1-4H3,(H,19,20,21)(H,22,23,24). The number of rotatable bonds is 7. The fraction of sp³-hybridized carbons (Fsp3) is 0.250. The molecule has 0 unspecified atom stereocenters. The monoisotopic (exact) mass is 590 g/mol. The van der Waals surface area contributed by atoms with Gasteiger partial charge >= 0.3 is 0 Å². The van der Waals surface area contributed by atoms with E-state index < -0.39 is 30.0 Å². The lowest BCUT2D eigenvalue weighted by Crippen LogP contribution is -2.06. The van der Waals surface area contributed by atoms with E-state index in [0.717, 1.165) is 12.1 Å². The second kappa shape index (κ2) is 8.88. The summed E-state index contributed by atoms with van der Waals surface area (Å²) >= 11 is 6.11. The van der Waals surface area contributed by atoms with Crippen LogP contribution in [0.25, 0.3) is 11.1 Å². The van der Waals surface area contributed by atoms with Gasteiger partial charge in [0, 0.05) is 11.1 Å². The van der Waals surface area contributed by atoms with Gasteiger partial charge in [-0.15, -0.1) is 0 Å². The van der Waals surface area contributed by atoms with Crippen LogP contribution in [0.15, 0.2) is 30.9 Å². The molecule has 2 N–H and O–H groups in total. The highest BCUT2D eigenvalue weighted by atomic mass is 79.9. The SMILES string of the molecule is COc1c(-c2cc(S(=O)(=O)O)c(Br)c(OC)c2OC)cc(S(=O)(=O)O)c(Br)c1OC. The number of hydrogen-bond acceptors (Lipinski definition) is 8. The molecular formula is C16H16Br2O10S2. The summed E-state index contributed by atoms with van der Waals surface area (Å²) in [5.74, 6) is -0.221. The molecule has 0 aliphatic rings. The highest BCUT2D eigenvalue weighted by molar-refractivity contribution is 9.11. The highest BCUT2D eigenvalue weighted by Crippen LogP contribution is 2.52. The Morgan fingerprint density at radius 1 is 0.633 bits per heavy atom. The molecule has 14 heteroatoms. The fourth-order valence-electron chi connectivity index (χ4n) is 2.73. The molecule has 30 heavy (non-hydrogen) atoms. The van der Waals surface area contributed by atoms with Crippen LogP contribution >= 0.6 is 31.9 Å². The summed E-state index contributed by atoms with van der Waals surface area (Å²) in [7, 11) is -4.45. The molecule has 0 radical (unpaired) electrons. The third-order valence-electron chi connectivity index (χ3n) is 3.95. The molecule has 0 fully saturated rings.